The summed E-state index contributed by atoms with van der Waals surface area (Å²) in [6, 6.07) is 19.3. The van der Waals surface area contributed by atoms with Crippen molar-refractivity contribution in [3.05, 3.63) is 65.5 Å². The highest BCUT2D eigenvalue weighted by atomic mass is 32.2. The second kappa shape index (κ2) is 10.8. The first-order chi connectivity index (χ1) is 15.0. The Morgan fingerprint density at radius 1 is 1.13 bits per heavy atom. The number of hydrogen-bond donors (Lipinski definition) is 2. The number of thiophene rings is 1. The molecule has 0 spiro atoms. The summed E-state index contributed by atoms with van der Waals surface area (Å²) < 4.78 is 0. The molecule has 3 aromatic rings. The van der Waals surface area contributed by atoms with Crippen molar-refractivity contribution in [2.24, 2.45) is 0 Å². The number of carbonyl (C=O) groups excluding carboxylic acids is 2. The van der Waals surface area contributed by atoms with E-state index in [1.807, 2.05) is 73.8 Å². The van der Waals surface area contributed by atoms with Crippen LogP contribution in [-0.2, 0) is 9.59 Å². The lowest BCUT2D eigenvalue weighted by atomic mass is 10.1. The third-order valence-electron chi connectivity index (χ3n) is 4.50. The number of amides is 2. The Morgan fingerprint density at radius 3 is 2.61 bits per heavy atom. The molecule has 1 unspecified atom stereocenters. The number of nitriles is 1. The van der Waals surface area contributed by atoms with Gasteiger partial charge in [-0.2, -0.15) is 5.26 Å². The smallest absolute Gasteiger partial charge is 0.238 e. The van der Waals surface area contributed by atoms with Crippen molar-refractivity contribution in [3.8, 4) is 17.2 Å². The quantitative estimate of drug-likeness (QED) is 0.404. The van der Waals surface area contributed by atoms with E-state index in [9.17, 15) is 14.9 Å². The molecule has 2 N–H and O–H groups in total. The summed E-state index contributed by atoms with van der Waals surface area (Å²) in [5.41, 5.74) is 2.95. The second-order valence-electron chi connectivity index (χ2n) is 6.91. The van der Waals surface area contributed by atoms with Gasteiger partial charge in [0, 0.05) is 27.9 Å². The van der Waals surface area contributed by atoms with Gasteiger partial charge in [0.2, 0.25) is 11.8 Å². The van der Waals surface area contributed by atoms with Gasteiger partial charge in [-0.05, 0) is 37.1 Å². The molecule has 31 heavy (non-hydrogen) atoms. The Kier molecular flexibility index (Phi) is 7.88. The van der Waals surface area contributed by atoms with Crippen molar-refractivity contribution in [2.75, 3.05) is 10.6 Å². The summed E-state index contributed by atoms with van der Waals surface area (Å²) >= 11 is 2.75. The second-order valence-corrected chi connectivity index (χ2v) is 9.20. The van der Waals surface area contributed by atoms with Gasteiger partial charge in [-0.1, -0.05) is 43.3 Å². The lowest BCUT2D eigenvalue weighted by molar-refractivity contribution is -0.116. The maximum atomic E-state index is 12.8. The molecule has 1 atom stereocenters. The molecule has 1 aromatic heterocycles. The third kappa shape index (κ3) is 5.97. The molecule has 7 heteroatoms. The zero-order chi connectivity index (χ0) is 22.2. The van der Waals surface area contributed by atoms with Gasteiger partial charge in [0.1, 0.15) is 11.1 Å². The van der Waals surface area contributed by atoms with Gasteiger partial charge >= 0.3 is 0 Å². The Bertz CT molecular complexity index is 1100. The van der Waals surface area contributed by atoms with Gasteiger partial charge in [0.25, 0.3) is 0 Å². The molecule has 0 aliphatic carbocycles. The fraction of sp³-hybridized carbons (Fsp3) is 0.208. The van der Waals surface area contributed by atoms with E-state index in [1.165, 1.54) is 23.1 Å². The number of nitrogens with zero attached hydrogens (tertiary/aromatic N) is 1. The van der Waals surface area contributed by atoms with Gasteiger partial charge in [-0.15, -0.1) is 23.1 Å². The van der Waals surface area contributed by atoms with E-state index in [1.54, 1.807) is 0 Å². The maximum Gasteiger partial charge on any atom is 0.238 e. The highest BCUT2D eigenvalue weighted by Gasteiger charge is 2.19. The van der Waals surface area contributed by atoms with Gasteiger partial charge in [0.15, 0.2) is 0 Å². The van der Waals surface area contributed by atoms with E-state index in [0.717, 1.165) is 22.4 Å². The number of benzene rings is 2. The van der Waals surface area contributed by atoms with Crippen LogP contribution in [0.15, 0.2) is 64.9 Å². The molecule has 158 valence electrons. The topological polar surface area (TPSA) is 82.0 Å². The van der Waals surface area contributed by atoms with Crippen molar-refractivity contribution in [1.82, 2.24) is 0 Å². The number of thioether (sulfide) groups is 1. The normalized spacial score (nSPS) is 11.4. The molecular weight excluding hydrogens is 426 g/mol. The van der Waals surface area contributed by atoms with Gasteiger partial charge < -0.3 is 10.6 Å². The molecule has 5 nitrogen and oxygen atoms in total. The van der Waals surface area contributed by atoms with Crippen LogP contribution in [0.2, 0.25) is 0 Å². The number of nitrogens with one attached hydrogen (secondary N) is 2. The van der Waals surface area contributed by atoms with Gasteiger partial charge in [-0.3, -0.25) is 9.59 Å². The molecule has 0 fully saturated rings. The van der Waals surface area contributed by atoms with Crippen molar-refractivity contribution >= 4 is 45.6 Å². The molecule has 0 bridgehead atoms. The maximum absolute atomic E-state index is 12.8. The number of hydrogen-bond acceptors (Lipinski definition) is 5. The molecular formula is C24H23N3O2S2. The van der Waals surface area contributed by atoms with E-state index in [-0.39, 0.29) is 17.1 Å². The highest BCUT2D eigenvalue weighted by Crippen LogP contribution is 2.35. The van der Waals surface area contributed by atoms with E-state index in [4.69, 9.17) is 0 Å². The Morgan fingerprint density at radius 2 is 1.90 bits per heavy atom. The van der Waals surface area contributed by atoms with Crippen LogP contribution in [0.4, 0.5) is 10.7 Å². The average Bonchev–Trinajstić information content (AvgIpc) is 3.17. The van der Waals surface area contributed by atoms with E-state index in [2.05, 4.69) is 16.7 Å². The Labute approximate surface area is 190 Å². The molecule has 0 radical (unpaired) electrons. The first-order valence-corrected chi connectivity index (χ1v) is 11.7. The van der Waals surface area contributed by atoms with Crippen LogP contribution in [0.5, 0.6) is 0 Å². The van der Waals surface area contributed by atoms with E-state index < -0.39 is 0 Å². The molecule has 0 aliphatic heterocycles. The Balaban J connectivity index is 1.67. The van der Waals surface area contributed by atoms with Crippen molar-refractivity contribution < 1.29 is 9.59 Å². The predicted molar refractivity (Wildman–Crippen MR) is 128 cm³/mol. The van der Waals surface area contributed by atoms with Crippen molar-refractivity contribution in [2.45, 2.75) is 36.8 Å². The summed E-state index contributed by atoms with van der Waals surface area (Å²) in [4.78, 5) is 25.5. The molecule has 2 amide bonds. The SMILES string of the molecule is CCCC(=O)Nc1cccc(SC(C)C(=O)Nc2scc(-c3ccccc3)c2C#N)c1. The minimum absolute atomic E-state index is 0.0219. The molecule has 1 heterocycles. The van der Waals surface area contributed by atoms with Crippen LogP contribution in [0.3, 0.4) is 0 Å². The lowest BCUT2D eigenvalue weighted by Crippen LogP contribution is -2.22. The molecule has 2 aromatic carbocycles. The largest absolute Gasteiger partial charge is 0.326 e. The number of anilines is 2. The summed E-state index contributed by atoms with van der Waals surface area (Å²) in [7, 11) is 0. The van der Waals surface area contributed by atoms with Crippen LogP contribution in [-0.4, -0.2) is 17.1 Å². The van der Waals surface area contributed by atoms with Gasteiger partial charge in [0.05, 0.1) is 10.8 Å². The zero-order valence-corrected chi connectivity index (χ0v) is 19.0. The summed E-state index contributed by atoms with van der Waals surface area (Å²) in [5, 5.41) is 17.5. The summed E-state index contributed by atoms with van der Waals surface area (Å²) in [6.07, 6.45) is 1.26. The van der Waals surface area contributed by atoms with Crippen LogP contribution in [0.25, 0.3) is 11.1 Å². The number of rotatable bonds is 8. The van der Waals surface area contributed by atoms with Crippen LogP contribution >= 0.6 is 23.1 Å². The summed E-state index contributed by atoms with van der Waals surface area (Å²) in [6.45, 7) is 3.78. The molecule has 0 saturated carbocycles. The average molecular weight is 450 g/mol. The minimum Gasteiger partial charge on any atom is -0.326 e. The summed E-state index contributed by atoms with van der Waals surface area (Å²) in [5.74, 6) is -0.199. The fourth-order valence-corrected chi connectivity index (χ4v) is 4.81. The monoisotopic (exact) mass is 449 g/mol. The highest BCUT2D eigenvalue weighted by molar-refractivity contribution is 8.00. The predicted octanol–water partition coefficient (Wildman–Crippen LogP) is 6.14. The lowest BCUT2D eigenvalue weighted by Gasteiger charge is -2.12. The van der Waals surface area contributed by atoms with Crippen molar-refractivity contribution in [1.29, 1.82) is 5.26 Å². The third-order valence-corrected chi connectivity index (χ3v) is 6.49. The Hall–Kier alpha value is -3.08. The van der Waals surface area contributed by atoms with Crippen LogP contribution in [0.1, 0.15) is 32.3 Å². The van der Waals surface area contributed by atoms with Crippen LogP contribution < -0.4 is 10.6 Å². The van der Waals surface area contributed by atoms with E-state index >= 15 is 0 Å². The molecule has 0 aliphatic rings. The first-order valence-electron chi connectivity index (χ1n) is 9.96. The zero-order valence-electron chi connectivity index (χ0n) is 17.3. The first kappa shape index (κ1) is 22.6. The van der Waals surface area contributed by atoms with Crippen molar-refractivity contribution in [3.63, 3.8) is 0 Å². The number of carbonyl (C=O) groups is 2. The molecule has 0 saturated heterocycles. The minimum atomic E-state index is -0.379. The van der Waals surface area contributed by atoms with Crippen LogP contribution in [0, 0.1) is 11.3 Å². The standard InChI is InChI=1S/C24H23N3O2S2/c1-3-8-22(28)26-18-11-7-12-19(13-18)31-16(2)23(29)27-24-20(14-25)21(15-30-24)17-9-5-4-6-10-17/h4-7,9-13,15-16H,3,8H2,1-2H3,(H,26,28)(H,27,29). The molecule has 3 rings (SSSR count). The fourth-order valence-electron chi connectivity index (χ4n) is 2.96. The van der Waals surface area contributed by atoms with Gasteiger partial charge in [-0.25, -0.2) is 0 Å². The van der Waals surface area contributed by atoms with E-state index in [0.29, 0.717) is 22.7 Å².